The number of imide groups is 2. The number of nitro benzene ring substituents is 1. The van der Waals surface area contributed by atoms with E-state index >= 15 is 4.79 Å². The summed E-state index contributed by atoms with van der Waals surface area (Å²) in [6.45, 7) is 0. The number of hydrogen-bond acceptors (Lipinski definition) is 9. The van der Waals surface area contributed by atoms with Crippen molar-refractivity contribution in [2.75, 3.05) is 17.4 Å². The third-order valence-electron chi connectivity index (χ3n) is 11.2. The lowest BCUT2D eigenvalue weighted by molar-refractivity contribution is -0.384. The number of phenolic OH excluding ortho intramolecular Hbond substituents is 1. The summed E-state index contributed by atoms with van der Waals surface area (Å²) >= 11 is 16.2. The monoisotopic (exact) mass is 830 g/mol. The molecule has 4 aliphatic rings. The van der Waals surface area contributed by atoms with Crippen molar-refractivity contribution in [2.24, 2.45) is 23.7 Å². The van der Waals surface area contributed by atoms with Gasteiger partial charge in [-0.15, -0.1) is 0 Å². The molecule has 6 unspecified atom stereocenters. The molecule has 0 bridgehead atoms. The molecule has 274 valence electrons. The Morgan fingerprint density at radius 2 is 1.70 bits per heavy atom. The van der Waals surface area contributed by atoms with E-state index in [-0.39, 0.29) is 40.7 Å². The first-order valence-electron chi connectivity index (χ1n) is 16.9. The van der Waals surface area contributed by atoms with Gasteiger partial charge >= 0.3 is 0 Å². The van der Waals surface area contributed by atoms with Gasteiger partial charge in [0.25, 0.3) is 17.5 Å². The van der Waals surface area contributed by atoms with Crippen molar-refractivity contribution in [3.63, 3.8) is 0 Å². The fraction of sp³-hybridized carbons (Fsp3) is 0.231. The second kappa shape index (κ2) is 13.3. The fourth-order valence-electron chi connectivity index (χ4n) is 8.94. The van der Waals surface area contributed by atoms with Gasteiger partial charge in [-0.1, -0.05) is 69.0 Å². The number of non-ortho nitro benzene ring substituents is 1. The van der Waals surface area contributed by atoms with Crippen LogP contribution in [0, 0.1) is 33.8 Å². The largest absolute Gasteiger partial charge is 0.508 e. The minimum Gasteiger partial charge on any atom is -0.508 e. The van der Waals surface area contributed by atoms with Crippen LogP contribution >= 0.6 is 39.1 Å². The first kappa shape index (κ1) is 35.8. The zero-order valence-corrected chi connectivity index (χ0v) is 31.3. The molecule has 4 aromatic rings. The number of aromatic hydroxyl groups is 1. The Kier molecular flexibility index (Phi) is 8.78. The summed E-state index contributed by atoms with van der Waals surface area (Å²) in [5.74, 6) is -6.57. The maximum absolute atomic E-state index is 15.4. The maximum atomic E-state index is 15.4. The van der Waals surface area contributed by atoms with Crippen LogP contribution < -0.4 is 15.1 Å². The Morgan fingerprint density at radius 3 is 2.41 bits per heavy atom. The molecule has 2 aliphatic carbocycles. The topological polar surface area (TPSA) is 159 Å². The van der Waals surface area contributed by atoms with E-state index in [0.717, 1.165) is 9.91 Å². The van der Waals surface area contributed by atoms with Crippen molar-refractivity contribution in [3.8, 4) is 11.5 Å². The number of phenols is 1. The standard InChI is InChI=1S/C39H29BrCl2N4O8/c1-54-24-9-5-19(6-10-24)39-29(36(49)45(38(39)51)43-31-13-8-21(41)16-30(31)42)18-27-25(34(39)28-15-20(40)7-14-32(28)47)11-12-26-33(27)37(50)44(35(26)48)22-3-2-4-23(17-22)46(52)53/h2-11,13-17,26-27,29,33-34,43,47H,12,18H2,1H3. The van der Waals surface area contributed by atoms with Crippen LogP contribution in [0.25, 0.3) is 0 Å². The molecule has 4 aromatic carbocycles. The SMILES string of the molecule is COc1ccc(C23C(=O)N(Nc4ccc(Cl)cc4Cl)C(=O)C2CC2C(=CCC4C(=O)N(c5cccc([N+](=O)[O-])c5)C(=O)C42)C3c2cc(Br)ccc2O)cc1. The average molecular weight is 832 g/mol. The number of nitrogens with one attached hydrogen (secondary N) is 1. The number of nitrogens with zero attached hydrogens (tertiary/aromatic N) is 3. The van der Waals surface area contributed by atoms with Gasteiger partial charge in [-0.3, -0.25) is 34.7 Å². The van der Waals surface area contributed by atoms with E-state index in [2.05, 4.69) is 21.4 Å². The molecule has 2 heterocycles. The molecule has 54 heavy (non-hydrogen) atoms. The Bertz CT molecular complexity index is 2340. The summed E-state index contributed by atoms with van der Waals surface area (Å²) < 4.78 is 6.03. The molecular formula is C39H29BrCl2N4O8. The van der Waals surface area contributed by atoms with E-state index in [9.17, 15) is 29.6 Å². The van der Waals surface area contributed by atoms with Gasteiger partial charge in [-0.2, -0.15) is 5.01 Å². The van der Waals surface area contributed by atoms with Gasteiger partial charge in [0.05, 0.1) is 51.6 Å². The first-order chi connectivity index (χ1) is 25.9. The highest BCUT2D eigenvalue weighted by Crippen LogP contribution is 2.65. The number of rotatable bonds is 7. The number of carbonyl (C=O) groups excluding carboxylic acids is 4. The molecule has 2 saturated heterocycles. The number of hydrogen-bond donors (Lipinski definition) is 2. The van der Waals surface area contributed by atoms with Gasteiger partial charge in [-0.05, 0) is 78.9 Å². The van der Waals surface area contributed by atoms with Crippen molar-refractivity contribution in [2.45, 2.75) is 24.2 Å². The predicted molar refractivity (Wildman–Crippen MR) is 202 cm³/mol. The number of benzene rings is 4. The van der Waals surface area contributed by atoms with Crippen LogP contribution in [-0.2, 0) is 24.6 Å². The van der Waals surface area contributed by atoms with Crippen molar-refractivity contribution in [1.29, 1.82) is 0 Å². The highest BCUT2D eigenvalue weighted by atomic mass is 79.9. The van der Waals surface area contributed by atoms with E-state index in [0.29, 0.717) is 31.9 Å². The van der Waals surface area contributed by atoms with Crippen LogP contribution in [0.2, 0.25) is 10.0 Å². The van der Waals surface area contributed by atoms with E-state index in [4.69, 9.17) is 27.9 Å². The number of fused-ring (bicyclic) bond motifs is 4. The molecule has 2 aliphatic heterocycles. The number of hydrazine groups is 1. The van der Waals surface area contributed by atoms with Gasteiger partial charge in [0.1, 0.15) is 11.5 Å². The molecule has 0 spiro atoms. The highest BCUT2D eigenvalue weighted by molar-refractivity contribution is 9.10. The van der Waals surface area contributed by atoms with Crippen LogP contribution in [0.3, 0.4) is 0 Å². The summed E-state index contributed by atoms with van der Waals surface area (Å²) in [6.07, 6.45) is 1.96. The molecule has 15 heteroatoms. The average Bonchev–Trinajstić information content (AvgIpc) is 3.54. The predicted octanol–water partition coefficient (Wildman–Crippen LogP) is 7.57. The molecule has 6 atom stereocenters. The van der Waals surface area contributed by atoms with Crippen LogP contribution in [0.5, 0.6) is 11.5 Å². The van der Waals surface area contributed by atoms with Crippen LogP contribution in [0.15, 0.2) is 101 Å². The molecule has 12 nitrogen and oxygen atoms in total. The lowest BCUT2D eigenvalue weighted by Gasteiger charge is -2.50. The lowest BCUT2D eigenvalue weighted by Crippen LogP contribution is -2.53. The molecule has 3 fully saturated rings. The second-order valence-electron chi connectivity index (χ2n) is 13.7. The number of amides is 4. The molecular weight excluding hydrogens is 803 g/mol. The maximum Gasteiger partial charge on any atom is 0.271 e. The summed E-state index contributed by atoms with van der Waals surface area (Å²) in [6, 6.07) is 21.6. The zero-order chi connectivity index (χ0) is 38.2. The first-order valence-corrected chi connectivity index (χ1v) is 18.5. The van der Waals surface area contributed by atoms with E-state index < -0.39 is 63.6 Å². The molecule has 4 amide bonds. The number of methoxy groups -OCH3 is 1. The third-order valence-corrected chi connectivity index (χ3v) is 12.2. The molecule has 0 radical (unpaired) electrons. The lowest BCUT2D eigenvalue weighted by atomic mass is 9.49. The van der Waals surface area contributed by atoms with E-state index in [1.165, 1.54) is 43.5 Å². The Hall–Kier alpha value is -5.24. The normalized spacial score (nSPS) is 25.9. The quantitative estimate of drug-likeness (QED) is 0.0829. The highest BCUT2D eigenvalue weighted by Gasteiger charge is 2.70. The second-order valence-corrected chi connectivity index (χ2v) is 15.5. The Morgan fingerprint density at radius 1 is 0.944 bits per heavy atom. The number of ether oxygens (including phenoxy) is 1. The van der Waals surface area contributed by atoms with Gasteiger partial charge in [-0.25, -0.2) is 4.90 Å². The van der Waals surface area contributed by atoms with Crippen LogP contribution in [0.1, 0.15) is 29.9 Å². The van der Waals surface area contributed by atoms with Gasteiger partial charge in [0.15, 0.2) is 0 Å². The number of halogens is 3. The summed E-state index contributed by atoms with van der Waals surface area (Å²) in [5.41, 5.74) is 2.72. The molecule has 1 saturated carbocycles. The summed E-state index contributed by atoms with van der Waals surface area (Å²) in [7, 11) is 1.51. The number of carbonyl (C=O) groups is 4. The van der Waals surface area contributed by atoms with E-state index in [1.807, 2.05) is 6.08 Å². The summed E-state index contributed by atoms with van der Waals surface area (Å²) in [4.78, 5) is 70.8. The van der Waals surface area contributed by atoms with Crippen LogP contribution in [0.4, 0.5) is 17.1 Å². The van der Waals surface area contributed by atoms with Gasteiger partial charge in [0.2, 0.25) is 11.8 Å². The number of anilines is 2. The minimum absolute atomic E-state index is 0.0107. The van der Waals surface area contributed by atoms with Gasteiger partial charge in [0, 0.05) is 33.1 Å². The summed E-state index contributed by atoms with van der Waals surface area (Å²) in [5, 5.41) is 24.7. The van der Waals surface area contributed by atoms with E-state index in [1.54, 1.807) is 48.5 Å². The molecule has 0 aromatic heterocycles. The minimum atomic E-state index is -1.67. The Labute approximate surface area is 326 Å². The molecule has 8 rings (SSSR count). The molecule has 2 N–H and O–H groups in total. The smallest absolute Gasteiger partial charge is 0.271 e. The van der Waals surface area contributed by atoms with Gasteiger partial charge < -0.3 is 9.84 Å². The zero-order valence-electron chi connectivity index (χ0n) is 28.2. The fourth-order valence-corrected chi connectivity index (χ4v) is 9.77. The number of nitro groups is 1. The Balaban J connectivity index is 1.33. The van der Waals surface area contributed by atoms with Crippen molar-refractivity contribution < 1.29 is 33.9 Å². The van der Waals surface area contributed by atoms with Crippen molar-refractivity contribution in [3.05, 3.63) is 132 Å². The van der Waals surface area contributed by atoms with Crippen molar-refractivity contribution >= 4 is 79.8 Å². The van der Waals surface area contributed by atoms with Crippen LogP contribution in [-0.4, -0.2) is 45.8 Å². The number of allylic oxidation sites excluding steroid dienone is 2. The van der Waals surface area contributed by atoms with Crippen molar-refractivity contribution in [1.82, 2.24) is 5.01 Å². The third kappa shape index (κ3) is 5.31.